The molecule has 2 rings (SSSR count). The first-order chi connectivity index (χ1) is 8.99. The molecule has 19 heavy (non-hydrogen) atoms. The molecule has 0 aliphatic carbocycles. The first-order valence-electron chi connectivity index (χ1n) is 6.29. The standard InChI is InChI=1S/C13H17N3O2S/c1-4-5-6-8-7-14-11-9(10(8)19)12(17)16(3)13(18)15(11)2/h7H,4-6H2,1-3H3,(H,14,19). The van der Waals surface area contributed by atoms with Gasteiger partial charge in [-0.15, -0.1) is 0 Å². The van der Waals surface area contributed by atoms with Gasteiger partial charge >= 0.3 is 5.69 Å². The molecule has 102 valence electrons. The van der Waals surface area contributed by atoms with Crippen molar-refractivity contribution in [2.24, 2.45) is 14.1 Å². The number of hydrogen-bond acceptors (Lipinski definition) is 3. The van der Waals surface area contributed by atoms with Crippen molar-refractivity contribution < 1.29 is 0 Å². The van der Waals surface area contributed by atoms with E-state index in [4.69, 9.17) is 12.2 Å². The van der Waals surface area contributed by atoms with Crippen LogP contribution < -0.4 is 11.2 Å². The molecule has 2 aromatic rings. The molecule has 2 heterocycles. The number of aromatic nitrogens is 3. The molecule has 1 N–H and O–H groups in total. The number of nitrogens with zero attached hydrogens (tertiary/aromatic N) is 2. The van der Waals surface area contributed by atoms with Crippen molar-refractivity contribution >= 4 is 23.3 Å². The van der Waals surface area contributed by atoms with Crippen LogP contribution in [0.3, 0.4) is 0 Å². The lowest BCUT2D eigenvalue weighted by Gasteiger charge is -2.09. The predicted molar refractivity (Wildman–Crippen MR) is 78.2 cm³/mol. The van der Waals surface area contributed by atoms with E-state index in [1.165, 1.54) is 11.6 Å². The fraction of sp³-hybridized carbons (Fsp3) is 0.462. The fourth-order valence-corrected chi connectivity index (χ4v) is 2.50. The van der Waals surface area contributed by atoms with E-state index in [-0.39, 0.29) is 11.2 Å². The number of fused-ring (bicyclic) bond motifs is 1. The lowest BCUT2D eigenvalue weighted by atomic mass is 10.1. The van der Waals surface area contributed by atoms with Gasteiger partial charge in [0.05, 0.1) is 9.90 Å². The molecule has 0 fully saturated rings. The van der Waals surface area contributed by atoms with Crippen molar-refractivity contribution in [3.05, 3.63) is 37.1 Å². The van der Waals surface area contributed by atoms with E-state index >= 15 is 0 Å². The number of nitrogens with one attached hydrogen (secondary N) is 1. The van der Waals surface area contributed by atoms with E-state index in [9.17, 15) is 9.59 Å². The van der Waals surface area contributed by atoms with Crippen molar-refractivity contribution in [1.29, 1.82) is 0 Å². The molecule has 0 aromatic carbocycles. The van der Waals surface area contributed by atoms with E-state index < -0.39 is 0 Å². The summed E-state index contributed by atoms with van der Waals surface area (Å²) in [6, 6.07) is 0. The van der Waals surface area contributed by atoms with E-state index in [0.29, 0.717) is 15.5 Å². The van der Waals surface area contributed by atoms with Gasteiger partial charge in [0.25, 0.3) is 5.56 Å². The second kappa shape index (κ2) is 5.13. The molecule has 0 amide bonds. The highest BCUT2D eigenvalue weighted by molar-refractivity contribution is 7.71. The summed E-state index contributed by atoms with van der Waals surface area (Å²) in [7, 11) is 3.10. The molecule has 0 atom stereocenters. The molecule has 5 nitrogen and oxygen atoms in total. The van der Waals surface area contributed by atoms with E-state index in [2.05, 4.69) is 11.9 Å². The zero-order chi connectivity index (χ0) is 14.2. The molecule has 0 bridgehead atoms. The summed E-state index contributed by atoms with van der Waals surface area (Å²) in [6.45, 7) is 2.11. The molecule has 2 aromatic heterocycles. The van der Waals surface area contributed by atoms with Gasteiger partial charge in [-0.25, -0.2) is 4.79 Å². The number of aromatic amines is 1. The van der Waals surface area contributed by atoms with Gasteiger partial charge in [-0.3, -0.25) is 13.9 Å². The second-order valence-corrected chi connectivity index (χ2v) is 5.08. The first-order valence-corrected chi connectivity index (χ1v) is 6.70. The number of hydrogen-bond donors (Lipinski definition) is 1. The lowest BCUT2D eigenvalue weighted by molar-refractivity contribution is 0.706. The van der Waals surface area contributed by atoms with Crippen molar-refractivity contribution in [1.82, 2.24) is 14.1 Å². The van der Waals surface area contributed by atoms with Crippen LogP contribution in [0, 0.1) is 4.51 Å². The summed E-state index contributed by atoms with van der Waals surface area (Å²) >= 11 is 5.41. The Morgan fingerprint density at radius 2 is 1.95 bits per heavy atom. The molecule has 0 aliphatic heterocycles. The normalized spacial score (nSPS) is 11.1. The topological polar surface area (TPSA) is 59.8 Å². The van der Waals surface area contributed by atoms with Crippen LogP contribution in [0.15, 0.2) is 15.8 Å². The molecule has 0 saturated heterocycles. The van der Waals surface area contributed by atoms with Crippen LogP contribution in [0.25, 0.3) is 11.0 Å². The average Bonchev–Trinajstić information content (AvgIpc) is 2.41. The van der Waals surface area contributed by atoms with Crippen LogP contribution in [0.2, 0.25) is 0 Å². The van der Waals surface area contributed by atoms with Gasteiger partial charge in [0.1, 0.15) is 5.65 Å². The predicted octanol–water partition coefficient (Wildman–Crippen LogP) is 1.64. The molecule has 0 spiro atoms. The van der Waals surface area contributed by atoms with Gasteiger partial charge < -0.3 is 4.98 Å². The minimum absolute atomic E-state index is 0.335. The summed E-state index contributed by atoms with van der Waals surface area (Å²) in [5.41, 5.74) is 0.751. The fourth-order valence-electron chi connectivity index (χ4n) is 2.15. The number of rotatable bonds is 3. The second-order valence-electron chi connectivity index (χ2n) is 4.68. The minimum Gasteiger partial charge on any atom is -0.347 e. The molecular formula is C13H17N3O2S. The van der Waals surface area contributed by atoms with Crippen LogP contribution in [-0.4, -0.2) is 14.1 Å². The largest absolute Gasteiger partial charge is 0.347 e. The third-order valence-electron chi connectivity index (χ3n) is 3.37. The van der Waals surface area contributed by atoms with Crippen LogP contribution in [0.1, 0.15) is 25.3 Å². The van der Waals surface area contributed by atoms with Gasteiger partial charge in [0.15, 0.2) is 0 Å². The zero-order valence-electron chi connectivity index (χ0n) is 11.3. The molecule has 0 saturated carbocycles. The maximum absolute atomic E-state index is 12.2. The molecule has 6 heteroatoms. The van der Waals surface area contributed by atoms with Gasteiger partial charge in [-0.1, -0.05) is 25.6 Å². The molecule has 0 unspecified atom stereocenters. The summed E-state index contributed by atoms with van der Waals surface area (Å²) in [5.74, 6) is 0. The Bertz CT molecular complexity index is 798. The van der Waals surface area contributed by atoms with Gasteiger partial charge in [-0.2, -0.15) is 0 Å². The van der Waals surface area contributed by atoms with Gasteiger partial charge in [0, 0.05) is 20.3 Å². The highest BCUT2D eigenvalue weighted by atomic mass is 32.1. The van der Waals surface area contributed by atoms with Crippen molar-refractivity contribution in [3.8, 4) is 0 Å². The maximum Gasteiger partial charge on any atom is 0.332 e. The summed E-state index contributed by atoms with van der Waals surface area (Å²) < 4.78 is 3.06. The molecule has 0 aliphatic rings. The number of unbranched alkanes of at least 4 members (excludes halogenated alkanes) is 1. The molecule has 0 radical (unpaired) electrons. The zero-order valence-corrected chi connectivity index (χ0v) is 12.1. The number of pyridine rings is 1. The van der Waals surface area contributed by atoms with E-state index in [1.807, 2.05) is 0 Å². The third-order valence-corrected chi connectivity index (χ3v) is 3.83. The monoisotopic (exact) mass is 279 g/mol. The van der Waals surface area contributed by atoms with Crippen molar-refractivity contribution in [3.63, 3.8) is 0 Å². The van der Waals surface area contributed by atoms with E-state index in [0.717, 1.165) is 29.4 Å². The minimum atomic E-state index is -0.357. The number of aryl methyl sites for hydroxylation is 2. The van der Waals surface area contributed by atoms with Crippen molar-refractivity contribution in [2.75, 3.05) is 0 Å². The van der Waals surface area contributed by atoms with E-state index in [1.54, 1.807) is 13.2 Å². The molecular weight excluding hydrogens is 262 g/mol. The summed E-state index contributed by atoms with van der Waals surface area (Å²) in [5, 5.41) is 0.424. The Morgan fingerprint density at radius 1 is 1.26 bits per heavy atom. The van der Waals surface area contributed by atoms with Crippen LogP contribution in [0.5, 0.6) is 0 Å². The Morgan fingerprint density at radius 3 is 2.58 bits per heavy atom. The highest BCUT2D eigenvalue weighted by Crippen LogP contribution is 2.13. The maximum atomic E-state index is 12.2. The quantitative estimate of drug-likeness (QED) is 0.869. The van der Waals surface area contributed by atoms with Crippen LogP contribution >= 0.6 is 12.2 Å². The smallest absolute Gasteiger partial charge is 0.332 e. The van der Waals surface area contributed by atoms with Crippen LogP contribution in [-0.2, 0) is 20.5 Å². The Hall–Kier alpha value is -1.69. The van der Waals surface area contributed by atoms with Crippen molar-refractivity contribution in [2.45, 2.75) is 26.2 Å². The summed E-state index contributed by atoms with van der Waals surface area (Å²) in [4.78, 5) is 27.1. The average molecular weight is 279 g/mol. The Labute approximate surface area is 115 Å². The van der Waals surface area contributed by atoms with Gasteiger partial charge in [0.2, 0.25) is 0 Å². The first kappa shape index (κ1) is 13.7. The third kappa shape index (κ3) is 2.16. The van der Waals surface area contributed by atoms with Gasteiger partial charge in [-0.05, 0) is 18.4 Å². The van der Waals surface area contributed by atoms with Crippen LogP contribution in [0.4, 0.5) is 0 Å². The summed E-state index contributed by atoms with van der Waals surface area (Å²) in [6.07, 6.45) is 4.74. The Balaban J connectivity index is 2.87. The lowest BCUT2D eigenvalue weighted by Crippen LogP contribution is -2.37. The number of H-pyrrole nitrogens is 1. The Kier molecular flexibility index (Phi) is 3.71. The highest BCUT2D eigenvalue weighted by Gasteiger charge is 2.11. The SMILES string of the molecule is CCCCc1c[nH]c2c(c1=S)c(=O)n(C)c(=O)n2C.